The van der Waals surface area contributed by atoms with Crippen molar-refractivity contribution in [2.75, 3.05) is 26.2 Å². The Kier molecular flexibility index (Phi) is 5.60. The number of amides is 1. The van der Waals surface area contributed by atoms with Gasteiger partial charge in [0.15, 0.2) is 0 Å². The lowest BCUT2D eigenvalue weighted by atomic mass is 9.92. The van der Waals surface area contributed by atoms with Gasteiger partial charge in [-0.15, -0.1) is 0 Å². The van der Waals surface area contributed by atoms with Crippen LogP contribution in [-0.2, 0) is 11.3 Å². The molecule has 2 aliphatic rings. The van der Waals surface area contributed by atoms with Crippen LogP contribution < -0.4 is 4.90 Å². The van der Waals surface area contributed by atoms with Crippen LogP contribution in [0, 0.1) is 11.8 Å². The molecule has 23 heavy (non-hydrogen) atoms. The number of nitrogens with zero attached hydrogens (tertiary/aromatic N) is 1. The molecule has 3 rings (SSSR count). The molecular weight excluding hydrogens is 308 g/mol. The molecule has 4 heteroatoms. The molecule has 0 radical (unpaired) electrons. The Hall–Kier alpha value is -1.06. The summed E-state index contributed by atoms with van der Waals surface area (Å²) in [5.74, 6) is 1.34. The van der Waals surface area contributed by atoms with Crippen molar-refractivity contribution in [3.63, 3.8) is 0 Å². The minimum atomic E-state index is 0.253. The van der Waals surface area contributed by atoms with Crippen molar-refractivity contribution in [1.29, 1.82) is 0 Å². The third kappa shape index (κ3) is 4.48. The summed E-state index contributed by atoms with van der Waals surface area (Å²) in [6.45, 7) is 7.39. The molecule has 2 heterocycles. The Morgan fingerprint density at radius 2 is 2.09 bits per heavy atom. The number of piperidine rings is 2. The van der Waals surface area contributed by atoms with Gasteiger partial charge in [-0.1, -0.05) is 30.7 Å². The smallest absolute Gasteiger partial charge is 0.226 e. The highest BCUT2D eigenvalue weighted by Crippen LogP contribution is 2.21. The number of nitrogens with one attached hydrogen (secondary N) is 1. The Labute approximate surface area is 144 Å². The van der Waals surface area contributed by atoms with Crippen LogP contribution in [0.3, 0.4) is 0 Å². The van der Waals surface area contributed by atoms with Crippen molar-refractivity contribution in [3.8, 4) is 0 Å². The minimum absolute atomic E-state index is 0.253. The van der Waals surface area contributed by atoms with E-state index in [0.717, 1.165) is 50.6 Å². The first-order valence-electron chi connectivity index (χ1n) is 8.98. The van der Waals surface area contributed by atoms with Crippen molar-refractivity contribution in [3.05, 3.63) is 34.9 Å². The number of quaternary nitrogens is 1. The van der Waals surface area contributed by atoms with Gasteiger partial charge in [-0.25, -0.2) is 0 Å². The van der Waals surface area contributed by atoms with Gasteiger partial charge in [-0.2, -0.15) is 0 Å². The second-order valence-electron chi connectivity index (χ2n) is 7.36. The number of halogens is 1. The first-order chi connectivity index (χ1) is 11.1. The van der Waals surface area contributed by atoms with Crippen molar-refractivity contribution >= 4 is 17.5 Å². The van der Waals surface area contributed by atoms with E-state index in [4.69, 9.17) is 11.6 Å². The monoisotopic (exact) mass is 335 g/mol. The molecule has 1 aromatic carbocycles. The Balaban J connectivity index is 1.49. The van der Waals surface area contributed by atoms with E-state index in [2.05, 4.69) is 24.0 Å². The van der Waals surface area contributed by atoms with Gasteiger partial charge in [0.05, 0.1) is 13.1 Å². The van der Waals surface area contributed by atoms with Gasteiger partial charge in [-0.05, 0) is 30.9 Å². The molecule has 126 valence electrons. The highest BCUT2D eigenvalue weighted by Gasteiger charge is 2.32. The Morgan fingerprint density at radius 3 is 2.78 bits per heavy atom. The number of carbonyl (C=O) groups is 1. The second kappa shape index (κ2) is 7.67. The standard InChI is InChI=1S/C19H27ClN2O/c1-15-4-3-9-22(13-15)19(23)17-7-10-21(11-8-17)14-16-5-2-6-18(20)12-16/h2,5-6,12,15,17H,3-4,7-11,13-14H2,1H3/p+1/t15-/m1/s1. The van der Waals surface area contributed by atoms with Gasteiger partial charge >= 0.3 is 0 Å². The average Bonchev–Trinajstić information content (AvgIpc) is 2.55. The van der Waals surface area contributed by atoms with E-state index in [9.17, 15) is 4.79 Å². The number of benzene rings is 1. The zero-order valence-electron chi connectivity index (χ0n) is 14.1. The van der Waals surface area contributed by atoms with E-state index >= 15 is 0 Å². The van der Waals surface area contributed by atoms with Crippen LogP contribution in [0.1, 0.15) is 38.2 Å². The maximum Gasteiger partial charge on any atom is 0.226 e. The lowest BCUT2D eigenvalue weighted by Gasteiger charge is -2.36. The number of hydrogen-bond acceptors (Lipinski definition) is 1. The minimum Gasteiger partial charge on any atom is -0.342 e. The number of rotatable bonds is 3. The molecule has 3 nitrogen and oxygen atoms in total. The predicted molar refractivity (Wildman–Crippen MR) is 93.6 cm³/mol. The van der Waals surface area contributed by atoms with Crippen molar-refractivity contribution in [1.82, 2.24) is 4.90 Å². The summed E-state index contributed by atoms with van der Waals surface area (Å²) >= 11 is 6.07. The van der Waals surface area contributed by atoms with E-state index in [-0.39, 0.29) is 5.92 Å². The zero-order valence-corrected chi connectivity index (χ0v) is 14.8. The van der Waals surface area contributed by atoms with Crippen molar-refractivity contribution in [2.24, 2.45) is 11.8 Å². The molecule has 2 saturated heterocycles. The molecule has 1 aromatic rings. The number of carbonyl (C=O) groups excluding carboxylic acids is 1. The average molecular weight is 336 g/mol. The highest BCUT2D eigenvalue weighted by molar-refractivity contribution is 6.30. The predicted octanol–water partition coefficient (Wildman–Crippen LogP) is 2.39. The van der Waals surface area contributed by atoms with Gasteiger partial charge < -0.3 is 9.80 Å². The lowest BCUT2D eigenvalue weighted by Crippen LogP contribution is -3.11. The fourth-order valence-corrected chi connectivity index (χ4v) is 4.25. The second-order valence-corrected chi connectivity index (χ2v) is 7.80. The van der Waals surface area contributed by atoms with E-state index in [0.29, 0.717) is 11.8 Å². The summed E-state index contributed by atoms with van der Waals surface area (Å²) in [6.07, 6.45) is 4.50. The number of likely N-dealkylation sites (tertiary alicyclic amines) is 2. The maximum absolute atomic E-state index is 12.7. The summed E-state index contributed by atoms with van der Waals surface area (Å²) in [7, 11) is 0. The summed E-state index contributed by atoms with van der Waals surface area (Å²) < 4.78 is 0. The Morgan fingerprint density at radius 1 is 1.30 bits per heavy atom. The van der Waals surface area contributed by atoms with Crippen LogP contribution in [0.15, 0.2) is 24.3 Å². The van der Waals surface area contributed by atoms with Crippen LogP contribution in [0.25, 0.3) is 0 Å². The SMILES string of the molecule is C[C@@H]1CCCN(C(=O)C2CC[NH+](Cc3cccc(Cl)c3)CC2)C1. The topological polar surface area (TPSA) is 24.8 Å². The van der Waals surface area contributed by atoms with Crippen LogP contribution >= 0.6 is 11.6 Å². The number of hydrogen-bond donors (Lipinski definition) is 1. The van der Waals surface area contributed by atoms with Gasteiger partial charge in [0, 0.05) is 42.4 Å². The largest absolute Gasteiger partial charge is 0.342 e. The van der Waals surface area contributed by atoms with Crippen LogP contribution in [0.4, 0.5) is 0 Å². The van der Waals surface area contributed by atoms with Gasteiger partial charge in [0.1, 0.15) is 6.54 Å². The highest BCUT2D eigenvalue weighted by atomic mass is 35.5. The maximum atomic E-state index is 12.7. The van der Waals surface area contributed by atoms with E-state index < -0.39 is 0 Å². The molecule has 1 N–H and O–H groups in total. The fourth-order valence-electron chi connectivity index (χ4n) is 4.03. The summed E-state index contributed by atoms with van der Waals surface area (Å²) in [5.41, 5.74) is 1.29. The molecule has 0 saturated carbocycles. The van der Waals surface area contributed by atoms with E-state index in [1.807, 2.05) is 12.1 Å². The van der Waals surface area contributed by atoms with Crippen molar-refractivity contribution < 1.29 is 9.69 Å². The third-order valence-corrected chi connectivity index (χ3v) is 5.59. The van der Waals surface area contributed by atoms with Gasteiger partial charge in [0.25, 0.3) is 0 Å². The molecule has 2 aliphatic heterocycles. The van der Waals surface area contributed by atoms with Crippen molar-refractivity contribution in [2.45, 2.75) is 39.2 Å². The van der Waals surface area contributed by atoms with Crippen LogP contribution in [0.5, 0.6) is 0 Å². The molecular formula is C19H28ClN2O+. The molecule has 0 bridgehead atoms. The van der Waals surface area contributed by atoms with E-state index in [1.54, 1.807) is 4.90 Å². The first kappa shape index (κ1) is 16.8. The molecule has 0 aliphatic carbocycles. The third-order valence-electron chi connectivity index (χ3n) is 5.35. The summed E-state index contributed by atoms with van der Waals surface area (Å²) in [6, 6.07) is 8.14. The molecule has 0 spiro atoms. The fraction of sp³-hybridized carbons (Fsp3) is 0.632. The quantitative estimate of drug-likeness (QED) is 0.901. The zero-order chi connectivity index (χ0) is 16.2. The first-order valence-corrected chi connectivity index (χ1v) is 9.36. The molecule has 0 unspecified atom stereocenters. The molecule has 2 fully saturated rings. The normalized spacial score (nSPS) is 28.6. The molecule has 0 aromatic heterocycles. The summed E-state index contributed by atoms with van der Waals surface area (Å²) in [5, 5.41) is 0.811. The van der Waals surface area contributed by atoms with Crippen LogP contribution in [-0.4, -0.2) is 37.0 Å². The Bertz CT molecular complexity index is 540. The molecule has 1 atom stereocenters. The van der Waals surface area contributed by atoms with E-state index in [1.165, 1.54) is 18.4 Å². The summed E-state index contributed by atoms with van der Waals surface area (Å²) in [4.78, 5) is 16.4. The van der Waals surface area contributed by atoms with Crippen LogP contribution in [0.2, 0.25) is 5.02 Å². The lowest BCUT2D eigenvalue weighted by molar-refractivity contribution is -0.919. The van der Waals surface area contributed by atoms with Gasteiger partial charge in [-0.3, -0.25) is 4.79 Å². The van der Waals surface area contributed by atoms with Gasteiger partial charge in [0.2, 0.25) is 5.91 Å². The molecule has 1 amide bonds.